The molecule has 1 heterocycles. The van der Waals surface area contributed by atoms with Gasteiger partial charge in [0.25, 0.3) is 5.91 Å². The van der Waals surface area contributed by atoms with Crippen LogP contribution in [0.2, 0.25) is 0 Å². The molecule has 1 atom stereocenters. The number of hydrogen-bond donors (Lipinski definition) is 3. The summed E-state index contributed by atoms with van der Waals surface area (Å²) in [6.45, 7) is 6.25. The Morgan fingerprint density at radius 2 is 1.96 bits per heavy atom. The predicted octanol–water partition coefficient (Wildman–Crippen LogP) is 4.32. The summed E-state index contributed by atoms with van der Waals surface area (Å²) in [5.74, 6) is 0.157. The fourth-order valence-corrected chi connectivity index (χ4v) is 3.07. The third kappa shape index (κ3) is 4.97. The zero-order chi connectivity index (χ0) is 20.1. The number of amides is 3. The predicted molar refractivity (Wildman–Crippen MR) is 113 cm³/mol. The number of nitrogens with one attached hydrogen (secondary N) is 3. The molecule has 0 saturated carbocycles. The van der Waals surface area contributed by atoms with Gasteiger partial charge in [0.05, 0.1) is 0 Å². The lowest BCUT2D eigenvalue weighted by atomic mass is 9.99. The highest BCUT2D eigenvalue weighted by Gasteiger charge is 2.26. The monoisotopic (exact) mass is 378 g/mol. The van der Waals surface area contributed by atoms with E-state index in [4.69, 9.17) is 0 Å². The first-order valence-electron chi connectivity index (χ1n) is 9.53. The molecule has 0 radical (unpaired) electrons. The van der Waals surface area contributed by atoms with Gasteiger partial charge in [0, 0.05) is 22.6 Å². The number of benzene rings is 2. The van der Waals surface area contributed by atoms with E-state index >= 15 is 0 Å². The Bertz CT molecular complexity index is 905. The molecule has 0 saturated heterocycles. The van der Waals surface area contributed by atoms with E-state index in [1.165, 1.54) is 0 Å². The number of urea groups is 1. The topological polar surface area (TPSA) is 82.6 Å². The van der Waals surface area contributed by atoms with Crippen LogP contribution in [0.1, 0.15) is 37.8 Å². The average molecular weight is 378 g/mol. The fourth-order valence-electron chi connectivity index (χ4n) is 3.07. The first-order chi connectivity index (χ1) is 13.4. The number of anilines is 2. The minimum absolute atomic E-state index is 0.355. The van der Waals surface area contributed by atoms with Gasteiger partial charge in [-0.05, 0) is 49.4 Å². The van der Waals surface area contributed by atoms with Gasteiger partial charge >= 0.3 is 6.03 Å². The van der Waals surface area contributed by atoms with E-state index in [9.17, 15) is 9.59 Å². The smallest absolute Gasteiger partial charge is 0.321 e. The van der Waals surface area contributed by atoms with Crippen LogP contribution in [-0.2, 0) is 4.79 Å². The summed E-state index contributed by atoms with van der Waals surface area (Å²) in [5.41, 5.74) is 4.15. The Morgan fingerprint density at radius 3 is 2.71 bits per heavy atom. The van der Waals surface area contributed by atoms with Crippen LogP contribution in [0.4, 0.5) is 16.2 Å². The summed E-state index contributed by atoms with van der Waals surface area (Å²) in [7, 11) is 0. The zero-order valence-electron chi connectivity index (χ0n) is 16.5. The Labute approximate surface area is 165 Å². The van der Waals surface area contributed by atoms with Crippen LogP contribution in [0.15, 0.2) is 53.5 Å². The first kappa shape index (κ1) is 19.6. The van der Waals surface area contributed by atoms with E-state index in [1.54, 1.807) is 6.07 Å². The number of carbonyl (C=O) groups excluding carboxylic acids is 2. The molecule has 1 unspecified atom stereocenters. The van der Waals surface area contributed by atoms with Gasteiger partial charge in [0.2, 0.25) is 6.17 Å². The van der Waals surface area contributed by atoms with E-state index in [0.29, 0.717) is 11.6 Å². The molecule has 0 aromatic heterocycles. The maximum absolute atomic E-state index is 12.6. The van der Waals surface area contributed by atoms with Gasteiger partial charge in [-0.1, -0.05) is 44.2 Å². The number of para-hydroxylation sites is 1. The summed E-state index contributed by atoms with van der Waals surface area (Å²) >= 11 is 0. The minimum Gasteiger partial charge on any atom is -0.322 e. The molecule has 2 aromatic carbocycles. The van der Waals surface area contributed by atoms with Crippen LogP contribution in [-0.4, -0.2) is 23.8 Å². The summed E-state index contributed by atoms with van der Waals surface area (Å²) < 4.78 is 0. The SMILES string of the molecule is Cc1cccc(NC(=O)NC2N=C(CCC(C)C)c3ccccc3NC2=O)c1. The van der Waals surface area contributed by atoms with Gasteiger partial charge in [-0.2, -0.15) is 0 Å². The van der Waals surface area contributed by atoms with Crippen LogP contribution in [0.5, 0.6) is 0 Å². The number of aliphatic imine (C=N–C) groups is 1. The number of fused-ring (bicyclic) bond motifs is 1. The number of nitrogens with zero attached hydrogens (tertiary/aromatic N) is 1. The summed E-state index contributed by atoms with van der Waals surface area (Å²) in [6, 6.07) is 14.6. The third-order valence-corrected chi connectivity index (χ3v) is 4.53. The maximum atomic E-state index is 12.6. The number of hydrogen-bond acceptors (Lipinski definition) is 3. The first-order valence-corrected chi connectivity index (χ1v) is 9.53. The highest BCUT2D eigenvalue weighted by molar-refractivity contribution is 6.12. The lowest BCUT2D eigenvalue weighted by molar-refractivity contribution is -0.117. The lowest BCUT2D eigenvalue weighted by Crippen LogP contribution is -2.44. The van der Waals surface area contributed by atoms with Crippen molar-refractivity contribution < 1.29 is 9.59 Å². The molecule has 0 aliphatic carbocycles. The van der Waals surface area contributed by atoms with Crippen molar-refractivity contribution in [2.24, 2.45) is 10.9 Å². The van der Waals surface area contributed by atoms with E-state index in [1.807, 2.05) is 49.4 Å². The van der Waals surface area contributed by atoms with E-state index < -0.39 is 12.2 Å². The van der Waals surface area contributed by atoms with Crippen LogP contribution in [0, 0.1) is 12.8 Å². The van der Waals surface area contributed by atoms with Crippen molar-refractivity contribution in [3.05, 3.63) is 59.7 Å². The number of aryl methyl sites for hydroxylation is 1. The fraction of sp³-hybridized carbons (Fsp3) is 0.318. The van der Waals surface area contributed by atoms with Crippen LogP contribution < -0.4 is 16.0 Å². The minimum atomic E-state index is -0.987. The second-order valence-corrected chi connectivity index (χ2v) is 7.41. The van der Waals surface area contributed by atoms with E-state index in [-0.39, 0.29) is 5.91 Å². The highest BCUT2D eigenvalue weighted by Crippen LogP contribution is 2.23. The molecular formula is C22H26N4O2. The molecule has 3 rings (SSSR count). The van der Waals surface area contributed by atoms with Gasteiger partial charge in [-0.25, -0.2) is 4.79 Å². The van der Waals surface area contributed by atoms with Crippen LogP contribution in [0.25, 0.3) is 0 Å². The molecule has 0 fully saturated rings. The van der Waals surface area contributed by atoms with E-state index in [2.05, 4.69) is 34.8 Å². The molecule has 6 nitrogen and oxygen atoms in total. The molecule has 1 aliphatic rings. The lowest BCUT2D eigenvalue weighted by Gasteiger charge is -2.14. The second kappa shape index (κ2) is 8.69. The standard InChI is InChI=1S/C22H26N4O2/c1-14(2)11-12-19-17-9-4-5-10-18(17)25-21(27)20(24-19)26-22(28)23-16-8-6-7-15(3)13-16/h4-10,13-14,20H,11-12H2,1-3H3,(H,25,27)(H2,23,26,28). The van der Waals surface area contributed by atoms with Gasteiger partial charge in [0.15, 0.2) is 0 Å². The molecule has 146 valence electrons. The summed E-state index contributed by atoms with van der Waals surface area (Å²) in [4.78, 5) is 29.7. The maximum Gasteiger partial charge on any atom is 0.321 e. The Kier molecular flexibility index (Phi) is 6.09. The molecular weight excluding hydrogens is 352 g/mol. The molecule has 3 N–H and O–H groups in total. The normalized spacial score (nSPS) is 15.9. The van der Waals surface area contributed by atoms with Crippen molar-refractivity contribution in [2.45, 2.75) is 39.8 Å². The Morgan fingerprint density at radius 1 is 1.18 bits per heavy atom. The molecule has 3 amide bonds. The zero-order valence-corrected chi connectivity index (χ0v) is 16.5. The molecule has 1 aliphatic heterocycles. The van der Waals surface area contributed by atoms with E-state index in [0.717, 1.165) is 35.4 Å². The van der Waals surface area contributed by atoms with Gasteiger partial charge in [0.1, 0.15) is 0 Å². The van der Waals surface area contributed by atoms with Crippen molar-refractivity contribution in [2.75, 3.05) is 10.6 Å². The molecule has 28 heavy (non-hydrogen) atoms. The van der Waals surface area contributed by atoms with Gasteiger partial charge in [-0.3, -0.25) is 9.79 Å². The third-order valence-electron chi connectivity index (χ3n) is 4.53. The highest BCUT2D eigenvalue weighted by atomic mass is 16.2. The number of carbonyl (C=O) groups is 2. The summed E-state index contributed by atoms with van der Waals surface area (Å²) in [6.07, 6.45) is 0.699. The summed E-state index contributed by atoms with van der Waals surface area (Å²) in [5, 5.41) is 8.31. The van der Waals surface area contributed by atoms with Gasteiger partial charge < -0.3 is 16.0 Å². The number of rotatable bonds is 5. The Balaban J connectivity index is 1.80. The van der Waals surface area contributed by atoms with Gasteiger partial charge in [-0.15, -0.1) is 0 Å². The van der Waals surface area contributed by atoms with Crippen molar-refractivity contribution in [1.82, 2.24) is 5.32 Å². The molecule has 0 bridgehead atoms. The Hall–Kier alpha value is -3.15. The van der Waals surface area contributed by atoms with Crippen LogP contribution in [0.3, 0.4) is 0 Å². The molecule has 2 aromatic rings. The molecule has 6 heteroatoms. The second-order valence-electron chi connectivity index (χ2n) is 7.41. The van der Waals surface area contributed by atoms with Crippen LogP contribution >= 0.6 is 0 Å². The van der Waals surface area contributed by atoms with Crippen molar-refractivity contribution in [3.8, 4) is 0 Å². The number of benzodiazepines with no additional fused rings is 1. The van der Waals surface area contributed by atoms with Crippen molar-refractivity contribution >= 4 is 29.0 Å². The molecule has 0 spiro atoms. The average Bonchev–Trinajstić information content (AvgIpc) is 2.76. The quantitative estimate of drug-likeness (QED) is 0.724. The van der Waals surface area contributed by atoms with Crippen molar-refractivity contribution in [1.29, 1.82) is 0 Å². The van der Waals surface area contributed by atoms with Crippen molar-refractivity contribution in [3.63, 3.8) is 0 Å². The largest absolute Gasteiger partial charge is 0.322 e.